The fourth-order valence-electron chi connectivity index (χ4n) is 1.78. The van der Waals surface area contributed by atoms with Crippen LogP contribution in [0.4, 0.5) is 0 Å². The Morgan fingerprint density at radius 3 is 2.41 bits per heavy atom. The van der Waals surface area contributed by atoms with Crippen LogP contribution in [0.25, 0.3) is 0 Å². The first-order valence-corrected chi connectivity index (χ1v) is 7.81. The molecule has 1 aliphatic heterocycles. The van der Waals surface area contributed by atoms with E-state index in [2.05, 4.69) is 10.0 Å². The second-order valence-electron chi connectivity index (χ2n) is 4.28. The molecule has 0 radical (unpaired) electrons. The summed E-state index contributed by atoms with van der Waals surface area (Å²) in [5.74, 6) is 0.101. The summed E-state index contributed by atoms with van der Waals surface area (Å²) in [7, 11) is -3.13. The van der Waals surface area contributed by atoms with E-state index in [0.717, 1.165) is 32.2 Å². The van der Waals surface area contributed by atoms with Gasteiger partial charge in [0.1, 0.15) is 0 Å². The molecule has 0 bridgehead atoms. The monoisotopic (exact) mass is 263 g/mol. The van der Waals surface area contributed by atoms with Gasteiger partial charge in [0, 0.05) is 26.2 Å². The van der Waals surface area contributed by atoms with Gasteiger partial charge in [0.25, 0.3) is 0 Å². The summed E-state index contributed by atoms with van der Waals surface area (Å²) in [4.78, 5) is 13.5. The largest absolute Gasteiger partial charge is 0.342 e. The molecule has 0 unspecified atom stereocenters. The van der Waals surface area contributed by atoms with Gasteiger partial charge in [0.05, 0.1) is 12.8 Å². The van der Waals surface area contributed by atoms with Crippen LogP contribution in [0.15, 0.2) is 0 Å². The van der Waals surface area contributed by atoms with Gasteiger partial charge in [-0.15, -0.1) is 0 Å². The van der Waals surface area contributed by atoms with E-state index >= 15 is 0 Å². The van der Waals surface area contributed by atoms with E-state index < -0.39 is 10.0 Å². The summed E-state index contributed by atoms with van der Waals surface area (Å²) in [6.45, 7) is 2.76. The molecule has 1 amide bonds. The highest BCUT2D eigenvalue weighted by Gasteiger charge is 2.15. The molecule has 1 aliphatic rings. The Bertz CT molecular complexity index is 337. The zero-order valence-electron chi connectivity index (χ0n) is 10.2. The smallest absolute Gasteiger partial charge is 0.236 e. The van der Waals surface area contributed by atoms with Gasteiger partial charge < -0.3 is 10.2 Å². The van der Waals surface area contributed by atoms with E-state index in [1.807, 2.05) is 4.90 Å². The second-order valence-corrected chi connectivity index (χ2v) is 6.12. The van der Waals surface area contributed by atoms with Crippen molar-refractivity contribution in [3.05, 3.63) is 0 Å². The van der Waals surface area contributed by atoms with Crippen molar-refractivity contribution in [3.63, 3.8) is 0 Å². The maximum atomic E-state index is 11.7. The van der Waals surface area contributed by atoms with E-state index in [4.69, 9.17) is 0 Å². The maximum absolute atomic E-state index is 11.7. The quantitative estimate of drug-likeness (QED) is 0.611. The molecule has 1 fully saturated rings. The average molecular weight is 263 g/mol. The minimum Gasteiger partial charge on any atom is -0.342 e. The summed E-state index contributed by atoms with van der Waals surface area (Å²) in [6.07, 6.45) is 4.49. The van der Waals surface area contributed by atoms with Crippen molar-refractivity contribution in [2.24, 2.45) is 0 Å². The minimum absolute atomic E-state index is 0.101. The standard InChI is InChI=1S/C10H21N3O3S/c1-17(15,16)12-6-5-11-9-10(14)13-7-3-2-4-8-13/h11-12H,2-9H2,1H3. The number of hydrogen-bond donors (Lipinski definition) is 2. The fraction of sp³-hybridized carbons (Fsp3) is 0.900. The Balaban J connectivity index is 2.07. The maximum Gasteiger partial charge on any atom is 0.236 e. The Hall–Kier alpha value is -0.660. The number of likely N-dealkylation sites (tertiary alicyclic amines) is 1. The highest BCUT2D eigenvalue weighted by Crippen LogP contribution is 2.07. The third-order valence-corrected chi connectivity index (χ3v) is 3.38. The van der Waals surface area contributed by atoms with Crippen molar-refractivity contribution in [1.82, 2.24) is 14.9 Å². The number of sulfonamides is 1. The molecule has 2 N–H and O–H groups in total. The predicted molar refractivity (Wildman–Crippen MR) is 66.1 cm³/mol. The van der Waals surface area contributed by atoms with Gasteiger partial charge in [-0.3, -0.25) is 4.79 Å². The van der Waals surface area contributed by atoms with E-state index in [9.17, 15) is 13.2 Å². The van der Waals surface area contributed by atoms with Crippen molar-refractivity contribution >= 4 is 15.9 Å². The summed E-state index contributed by atoms with van der Waals surface area (Å²) in [6, 6.07) is 0. The molecule has 0 aromatic carbocycles. The van der Waals surface area contributed by atoms with Crippen molar-refractivity contribution in [1.29, 1.82) is 0 Å². The van der Waals surface area contributed by atoms with Crippen LogP contribution < -0.4 is 10.0 Å². The number of hydrogen-bond acceptors (Lipinski definition) is 4. The molecule has 0 aromatic rings. The molecule has 1 saturated heterocycles. The summed E-state index contributed by atoms with van der Waals surface area (Å²) in [5.41, 5.74) is 0. The predicted octanol–water partition coefficient (Wildman–Crippen LogP) is -0.862. The number of piperidine rings is 1. The number of amides is 1. The lowest BCUT2D eigenvalue weighted by Gasteiger charge is -2.26. The Kier molecular flexibility index (Phi) is 5.87. The third-order valence-electron chi connectivity index (χ3n) is 2.65. The van der Waals surface area contributed by atoms with E-state index in [1.165, 1.54) is 6.42 Å². The average Bonchev–Trinajstić information content (AvgIpc) is 2.28. The first-order chi connectivity index (χ1) is 7.99. The molecule has 100 valence electrons. The summed E-state index contributed by atoms with van der Waals surface area (Å²) < 4.78 is 23.9. The molecule has 1 heterocycles. The van der Waals surface area contributed by atoms with Crippen LogP contribution in [0.1, 0.15) is 19.3 Å². The normalized spacial score (nSPS) is 17.1. The Morgan fingerprint density at radius 1 is 1.18 bits per heavy atom. The van der Waals surface area contributed by atoms with E-state index in [0.29, 0.717) is 13.1 Å². The fourth-order valence-corrected chi connectivity index (χ4v) is 2.25. The van der Waals surface area contributed by atoms with Crippen molar-refractivity contribution < 1.29 is 13.2 Å². The first kappa shape index (κ1) is 14.4. The minimum atomic E-state index is -3.13. The molecule has 0 aliphatic carbocycles. The Morgan fingerprint density at radius 2 is 1.82 bits per heavy atom. The molecule has 7 heteroatoms. The van der Waals surface area contributed by atoms with Crippen LogP contribution >= 0.6 is 0 Å². The van der Waals surface area contributed by atoms with Gasteiger partial charge in [-0.2, -0.15) is 0 Å². The van der Waals surface area contributed by atoms with Crippen molar-refractivity contribution in [3.8, 4) is 0 Å². The summed E-state index contributed by atoms with van der Waals surface area (Å²) >= 11 is 0. The van der Waals surface area contributed by atoms with Crippen LogP contribution in [0, 0.1) is 0 Å². The van der Waals surface area contributed by atoms with Crippen molar-refractivity contribution in [2.75, 3.05) is 39.0 Å². The molecule has 1 rings (SSSR count). The van der Waals surface area contributed by atoms with Gasteiger partial charge in [0.2, 0.25) is 15.9 Å². The number of rotatable bonds is 6. The molecule has 0 spiro atoms. The van der Waals surface area contributed by atoms with E-state index in [-0.39, 0.29) is 12.5 Å². The van der Waals surface area contributed by atoms with Crippen LogP contribution in [0.5, 0.6) is 0 Å². The SMILES string of the molecule is CS(=O)(=O)NCCNCC(=O)N1CCCCC1. The highest BCUT2D eigenvalue weighted by atomic mass is 32.2. The van der Waals surface area contributed by atoms with Crippen LogP contribution in [-0.2, 0) is 14.8 Å². The highest BCUT2D eigenvalue weighted by molar-refractivity contribution is 7.88. The number of carbonyl (C=O) groups excluding carboxylic acids is 1. The zero-order valence-corrected chi connectivity index (χ0v) is 11.1. The number of carbonyl (C=O) groups is 1. The molecule has 0 saturated carbocycles. The zero-order chi connectivity index (χ0) is 12.7. The van der Waals surface area contributed by atoms with Crippen LogP contribution in [-0.4, -0.2) is 58.2 Å². The Labute approximate surface area is 103 Å². The second kappa shape index (κ2) is 6.93. The molecule has 0 atom stereocenters. The van der Waals surface area contributed by atoms with Gasteiger partial charge >= 0.3 is 0 Å². The number of nitrogens with zero attached hydrogens (tertiary/aromatic N) is 1. The van der Waals surface area contributed by atoms with E-state index in [1.54, 1.807) is 0 Å². The molecule has 6 nitrogen and oxygen atoms in total. The molecule has 17 heavy (non-hydrogen) atoms. The van der Waals surface area contributed by atoms with Gasteiger partial charge in [0.15, 0.2) is 0 Å². The van der Waals surface area contributed by atoms with Gasteiger partial charge in [-0.05, 0) is 19.3 Å². The van der Waals surface area contributed by atoms with Crippen molar-refractivity contribution in [2.45, 2.75) is 19.3 Å². The third kappa shape index (κ3) is 6.60. The lowest BCUT2D eigenvalue weighted by molar-refractivity contribution is -0.131. The van der Waals surface area contributed by atoms with Crippen LogP contribution in [0.2, 0.25) is 0 Å². The lowest BCUT2D eigenvalue weighted by Crippen LogP contribution is -2.42. The molecular weight excluding hydrogens is 242 g/mol. The lowest BCUT2D eigenvalue weighted by atomic mass is 10.1. The first-order valence-electron chi connectivity index (χ1n) is 5.92. The van der Waals surface area contributed by atoms with Crippen LogP contribution in [0.3, 0.4) is 0 Å². The van der Waals surface area contributed by atoms with Gasteiger partial charge in [-0.25, -0.2) is 13.1 Å². The topological polar surface area (TPSA) is 78.5 Å². The number of nitrogens with one attached hydrogen (secondary N) is 2. The molecule has 0 aromatic heterocycles. The summed E-state index contributed by atoms with van der Waals surface area (Å²) in [5, 5.41) is 2.94. The van der Waals surface area contributed by atoms with Gasteiger partial charge in [-0.1, -0.05) is 0 Å². The molecular formula is C10H21N3O3S.